The molecule has 5 nitrogen and oxygen atoms in total. The lowest BCUT2D eigenvalue weighted by Gasteiger charge is -2.35. The fourth-order valence-corrected chi connectivity index (χ4v) is 2.65. The molecule has 1 aliphatic heterocycles. The maximum Gasteiger partial charge on any atom is 0.227 e. The van der Waals surface area contributed by atoms with Crippen LogP contribution in [0.25, 0.3) is 0 Å². The molecular weight excluding hydrogens is 276 g/mol. The summed E-state index contributed by atoms with van der Waals surface area (Å²) in [5.41, 5.74) is 7.39. The lowest BCUT2D eigenvalue weighted by atomic mass is 10.1. The molecule has 114 valence electrons. The average Bonchev–Trinajstić information content (AvgIpc) is 2.57. The largest absolute Gasteiger partial charge is 0.397 e. The van der Waals surface area contributed by atoms with Gasteiger partial charge in [0.1, 0.15) is 5.82 Å². The van der Waals surface area contributed by atoms with Crippen LogP contribution in [0.4, 0.5) is 11.5 Å². The Balaban J connectivity index is 1.55. The normalized spacial score (nSPS) is 14.9. The molecule has 2 aromatic rings. The van der Waals surface area contributed by atoms with Gasteiger partial charge in [-0.2, -0.15) is 0 Å². The zero-order valence-corrected chi connectivity index (χ0v) is 12.5. The van der Waals surface area contributed by atoms with Crippen molar-refractivity contribution >= 4 is 17.4 Å². The molecule has 0 aliphatic carbocycles. The molecule has 2 N–H and O–H groups in total. The number of hydrogen-bond donors (Lipinski definition) is 1. The Morgan fingerprint density at radius 3 is 2.41 bits per heavy atom. The summed E-state index contributed by atoms with van der Waals surface area (Å²) in [6.45, 7) is 3.07. The Morgan fingerprint density at radius 1 is 1.05 bits per heavy atom. The molecule has 0 atom stereocenters. The van der Waals surface area contributed by atoms with Crippen molar-refractivity contribution in [2.45, 2.75) is 6.42 Å². The Bertz CT molecular complexity index is 619. The first-order valence-electron chi connectivity index (χ1n) is 7.50. The van der Waals surface area contributed by atoms with Crippen LogP contribution in [-0.2, 0) is 11.2 Å². The molecule has 22 heavy (non-hydrogen) atoms. The lowest BCUT2D eigenvalue weighted by Crippen LogP contribution is -2.49. The van der Waals surface area contributed by atoms with E-state index in [9.17, 15) is 4.79 Å². The van der Waals surface area contributed by atoms with Gasteiger partial charge >= 0.3 is 0 Å². The summed E-state index contributed by atoms with van der Waals surface area (Å²) in [5.74, 6) is 1.11. The number of hydrogen-bond acceptors (Lipinski definition) is 4. The number of carbonyl (C=O) groups excluding carboxylic acids is 1. The van der Waals surface area contributed by atoms with E-state index in [-0.39, 0.29) is 5.91 Å². The Morgan fingerprint density at radius 2 is 1.77 bits per heavy atom. The molecule has 0 unspecified atom stereocenters. The van der Waals surface area contributed by atoms with Crippen LogP contribution in [0.15, 0.2) is 48.7 Å². The lowest BCUT2D eigenvalue weighted by molar-refractivity contribution is -0.130. The molecular formula is C17H20N4O. The molecule has 1 aromatic carbocycles. The van der Waals surface area contributed by atoms with Gasteiger partial charge in [-0.05, 0) is 17.7 Å². The minimum absolute atomic E-state index is 0.191. The third-order valence-electron chi connectivity index (χ3n) is 3.93. The van der Waals surface area contributed by atoms with E-state index >= 15 is 0 Å². The van der Waals surface area contributed by atoms with Crippen LogP contribution in [0.2, 0.25) is 0 Å². The third-order valence-corrected chi connectivity index (χ3v) is 3.93. The topological polar surface area (TPSA) is 62.5 Å². The van der Waals surface area contributed by atoms with Crippen LogP contribution in [0, 0.1) is 0 Å². The predicted molar refractivity (Wildman–Crippen MR) is 87.6 cm³/mol. The highest BCUT2D eigenvalue weighted by molar-refractivity contribution is 5.79. The standard InChI is InChI=1S/C17H20N4O/c18-15-6-7-16(19-13-15)20-8-10-21(11-9-20)17(22)12-14-4-2-1-3-5-14/h1-7,13H,8-12,18H2. The smallest absolute Gasteiger partial charge is 0.227 e. The number of pyridine rings is 1. The van der Waals surface area contributed by atoms with Gasteiger partial charge in [0.05, 0.1) is 18.3 Å². The van der Waals surface area contributed by atoms with Crippen molar-refractivity contribution in [2.24, 2.45) is 0 Å². The van der Waals surface area contributed by atoms with E-state index in [0.717, 1.165) is 37.6 Å². The Kier molecular flexibility index (Phi) is 4.23. The van der Waals surface area contributed by atoms with Crippen molar-refractivity contribution in [3.05, 3.63) is 54.2 Å². The van der Waals surface area contributed by atoms with E-state index < -0.39 is 0 Å². The highest BCUT2D eigenvalue weighted by Gasteiger charge is 2.21. The molecule has 0 saturated carbocycles. The van der Waals surface area contributed by atoms with E-state index in [2.05, 4.69) is 9.88 Å². The highest BCUT2D eigenvalue weighted by Crippen LogP contribution is 2.15. The van der Waals surface area contributed by atoms with Crippen LogP contribution in [-0.4, -0.2) is 42.0 Å². The number of piperazine rings is 1. The van der Waals surface area contributed by atoms with Gasteiger partial charge in [-0.15, -0.1) is 0 Å². The first-order chi connectivity index (χ1) is 10.7. The van der Waals surface area contributed by atoms with Gasteiger partial charge in [-0.1, -0.05) is 30.3 Å². The van der Waals surface area contributed by atoms with E-state index in [1.165, 1.54) is 0 Å². The third kappa shape index (κ3) is 3.36. The van der Waals surface area contributed by atoms with Gasteiger partial charge in [0.25, 0.3) is 0 Å². The molecule has 2 heterocycles. The summed E-state index contributed by atoms with van der Waals surface area (Å²) in [4.78, 5) is 20.8. The number of nitrogens with zero attached hydrogens (tertiary/aromatic N) is 3. The molecule has 5 heteroatoms. The van der Waals surface area contributed by atoms with Crippen molar-refractivity contribution < 1.29 is 4.79 Å². The molecule has 1 aromatic heterocycles. The molecule has 1 aliphatic rings. The van der Waals surface area contributed by atoms with Gasteiger partial charge in [0.15, 0.2) is 0 Å². The molecule has 3 rings (SSSR count). The maximum atomic E-state index is 12.3. The summed E-state index contributed by atoms with van der Waals surface area (Å²) in [7, 11) is 0. The summed E-state index contributed by atoms with van der Waals surface area (Å²) < 4.78 is 0. The van der Waals surface area contributed by atoms with E-state index in [1.807, 2.05) is 47.4 Å². The quantitative estimate of drug-likeness (QED) is 0.933. The van der Waals surface area contributed by atoms with Gasteiger partial charge in [0.2, 0.25) is 5.91 Å². The number of nitrogens with two attached hydrogens (primary N) is 1. The van der Waals surface area contributed by atoms with E-state index in [4.69, 9.17) is 5.73 Å². The second-order valence-electron chi connectivity index (χ2n) is 5.48. The number of nitrogen functional groups attached to an aromatic ring is 1. The zero-order valence-electron chi connectivity index (χ0n) is 12.5. The zero-order chi connectivity index (χ0) is 15.4. The predicted octanol–water partition coefficient (Wildman–Crippen LogP) is 1.56. The Labute approximate surface area is 130 Å². The van der Waals surface area contributed by atoms with Gasteiger partial charge in [0, 0.05) is 26.2 Å². The van der Waals surface area contributed by atoms with Crippen molar-refractivity contribution in [1.82, 2.24) is 9.88 Å². The molecule has 1 saturated heterocycles. The van der Waals surface area contributed by atoms with Crippen LogP contribution in [0.3, 0.4) is 0 Å². The average molecular weight is 296 g/mol. The number of anilines is 2. The van der Waals surface area contributed by atoms with E-state index in [0.29, 0.717) is 12.1 Å². The molecule has 0 spiro atoms. The van der Waals surface area contributed by atoms with Crippen LogP contribution >= 0.6 is 0 Å². The van der Waals surface area contributed by atoms with Crippen LogP contribution < -0.4 is 10.6 Å². The second kappa shape index (κ2) is 6.47. The number of aromatic nitrogens is 1. The van der Waals surface area contributed by atoms with Gasteiger partial charge < -0.3 is 15.5 Å². The fourth-order valence-electron chi connectivity index (χ4n) is 2.65. The second-order valence-corrected chi connectivity index (χ2v) is 5.48. The minimum atomic E-state index is 0.191. The SMILES string of the molecule is Nc1ccc(N2CCN(C(=O)Cc3ccccc3)CC2)nc1. The minimum Gasteiger partial charge on any atom is -0.397 e. The number of amides is 1. The molecule has 1 amide bonds. The molecule has 0 bridgehead atoms. The summed E-state index contributed by atoms with van der Waals surface area (Å²) in [6.07, 6.45) is 2.14. The highest BCUT2D eigenvalue weighted by atomic mass is 16.2. The molecule has 1 fully saturated rings. The molecule has 0 radical (unpaired) electrons. The van der Waals surface area contributed by atoms with Crippen molar-refractivity contribution in [2.75, 3.05) is 36.8 Å². The van der Waals surface area contributed by atoms with Gasteiger partial charge in [-0.3, -0.25) is 4.79 Å². The summed E-state index contributed by atoms with van der Waals surface area (Å²) >= 11 is 0. The van der Waals surface area contributed by atoms with Crippen LogP contribution in [0.1, 0.15) is 5.56 Å². The number of carbonyl (C=O) groups is 1. The van der Waals surface area contributed by atoms with Crippen molar-refractivity contribution in [3.8, 4) is 0 Å². The van der Waals surface area contributed by atoms with E-state index in [1.54, 1.807) is 6.20 Å². The monoisotopic (exact) mass is 296 g/mol. The first-order valence-corrected chi connectivity index (χ1v) is 7.50. The number of rotatable bonds is 3. The first kappa shape index (κ1) is 14.4. The summed E-state index contributed by atoms with van der Waals surface area (Å²) in [6, 6.07) is 13.7. The number of benzene rings is 1. The summed E-state index contributed by atoms with van der Waals surface area (Å²) in [5, 5.41) is 0. The van der Waals surface area contributed by atoms with Crippen molar-refractivity contribution in [3.63, 3.8) is 0 Å². The maximum absolute atomic E-state index is 12.3. The van der Waals surface area contributed by atoms with Gasteiger partial charge in [-0.25, -0.2) is 4.98 Å². The van der Waals surface area contributed by atoms with Crippen LogP contribution in [0.5, 0.6) is 0 Å². The Hall–Kier alpha value is -2.56. The fraction of sp³-hybridized carbons (Fsp3) is 0.294. The van der Waals surface area contributed by atoms with Crippen molar-refractivity contribution in [1.29, 1.82) is 0 Å².